The van der Waals surface area contributed by atoms with Gasteiger partial charge in [0.1, 0.15) is 12.0 Å². The molecule has 0 radical (unpaired) electrons. The van der Waals surface area contributed by atoms with Gasteiger partial charge in [-0.3, -0.25) is 0 Å². The van der Waals surface area contributed by atoms with Crippen LogP contribution in [0.2, 0.25) is 0 Å². The van der Waals surface area contributed by atoms with Gasteiger partial charge in [-0.05, 0) is 18.9 Å². The van der Waals surface area contributed by atoms with Crippen molar-refractivity contribution < 1.29 is 0 Å². The Morgan fingerprint density at radius 3 is 3.00 bits per heavy atom. The second-order valence-corrected chi connectivity index (χ2v) is 3.96. The molecule has 2 aromatic heterocycles. The zero-order valence-electron chi connectivity index (χ0n) is 8.06. The van der Waals surface area contributed by atoms with E-state index < -0.39 is 0 Å². The first kappa shape index (κ1) is 7.97. The predicted molar refractivity (Wildman–Crippen MR) is 55.0 cm³/mol. The third-order valence-corrected chi connectivity index (χ3v) is 3.10. The zero-order chi connectivity index (χ0) is 9.38. The molecule has 3 rings (SSSR count). The standard InChI is InChI=1S/C11H13N3/c1-2-4-10(3-1)14-6-5-9-7-12-8-13-11(9)14/h5-8,10H,1-4H2. The first-order chi connectivity index (χ1) is 6.95. The van der Waals surface area contributed by atoms with E-state index in [1.54, 1.807) is 6.33 Å². The molecular weight excluding hydrogens is 174 g/mol. The van der Waals surface area contributed by atoms with Crippen molar-refractivity contribution >= 4 is 11.0 Å². The molecular formula is C11H13N3. The molecule has 0 amide bonds. The summed E-state index contributed by atoms with van der Waals surface area (Å²) in [6, 6.07) is 2.77. The summed E-state index contributed by atoms with van der Waals surface area (Å²) in [5.74, 6) is 0. The molecule has 0 saturated heterocycles. The molecule has 2 heterocycles. The van der Waals surface area contributed by atoms with Crippen molar-refractivity contribution in [1.29, 1.82) is 0 Å². The van der Waals surface area contributed by atoms with E-state index in [0.29, 0.717) is 6.04 Å². The second-order valence-electron chi connectivity index (χ2n) is 3.96. The molecule has 1 aliphatic carbocycles. The van der Waals surface area contributed by atoms with Crippen LogP contribution in [0.4, 0.5) is 0 Å². The summed E-state index contributed by atoms with van der Waals surface area (Å²) in [6.45, 7) is 0. The fraction of sp³-hybridized carbons (Fsp3) is 0.455. The van der Waals surface area contributed by atoms with Crippen molar-refractivity contribution in [3.8, 4) is 0 Å². The van der Waals surface area contributed by atoms with E-state index in [0.717, 1.165) is 11.0 Å². The van der Waals surface area contributed by atoms with Gasteiger partial charge in [-0.25, -0.2) is 9.97 Å². The number of nitrogens with zero attached hydrogens (tertiary/aromatic N) is 3. The smallest absolute Gasteiger partial charge is 0.143 e. The Hall–Kier alpha value is -1.38. The highest BCUT2D eigenvalue weighted by Crippen LogP contribution is 2.31. The van der Waals surface area contributed by atoms with Crippen LogP contribution in [0.3, 0.4) is 0 Å². The SMILES string of the molecule is c1ncc2ccn(C3CCCC3)c2n1. The lowest BCUT2D eigenvalue weighted by molar-refractivity contribution is 0.532. The molecule has 0 unspecified atom stereocenters. The molecule has 1 saturated carbocycles. The van der Waals surface area contributed by atoms with Crippen LogP contribution in [-0.4, -0.2) is 14.5 Å². The average Bonchev–Trinajstić information content (AvgIpc) is 2.85. The molecule has 0 spiro atoms. The molecule has 1 fully saturated rings. The lowest BCUT2D eigenvalue weighted by atomic mass is 10.2. The first-order valence-electron chi connectivity index (χ1n) is 5.22. The summed E-state index contributed by atoms with van der Waals surface area (Å²) in [7, 11) is 0. The minimum atomic E-state index is 0.669. The van der Waals surface area contributed by atoms with Crippen LogP contribution < -0.4 is 0 Å². The van der Waals surface area contributed by atoms with E-state index in [1.165, 1.54) is 25.7 Å². The summed E-state index contributed by atoms with van der Waals surface area (Å²) in [5, 5.41) is 1.15. The Bertz CT molecular complexity index is 440. The van der Waals surface area contributed by atoms with Crippen molar-refractivity contribution in [2.24, 2.45) is 0 Å². The molecule has 0 atom stereocenters. The molecule has 0 bridgehead atoms. The van der Waals surface area contributed by atoms with E-state index in [1.807, 2.05) is 6.20 Å². The Labute approximate surface area is 82.8 Å². The maximum atomic E-state index is 4.34. The highest BCUT2D eigenvalue weighted by atomic mass is 15.1. The normalized spacial score (nSPS) is 18.0. The van der Waals surface area contributed by atoms with Crippen molar-refractivity contribution in [2.45, 2.75) is 31.7 Å². The Morgan fingerprint density at radius 2 is 2.14 bits per heavy atom. The van der Waals surface area contributed by atoms with Gasteiger partial charge in [-0.2, -0.15) is 0 Å². The largest absolute Gasteiger partial charge is 0.329 e. The van der Waals surface area contributed by atoms with Crippen molar-refractivity contribution in [2.75, 3.05) is 0 Å². The molecule has 14 heavy (non-hydrogen) atoms. The van der Waals surface area contributed by atoms with Crippen LogP contribution >= 0.6 is 0 Å². The molecule has 0 aromatic carbocycles. The summed E-state index contributed by atoms with van der Waals surface area (Å²) in [6.07, 6.45) is 11.0. The third-order valence-electron chi connectivity index (χ3n) is 3.10. The van der Waals surface area contributed by atoms with E-state index in [4.69, 9.17) is 0 Å². The van der Waals surface area contributed by atoms with Gasteiger partial charge in [0.15, 0.2) is 0 Å². The van der Waals surface area contributed by atoms with Gasteiger partial charge in [0.25, 0.3) is 0 Å². The van der Waals surface area contributed by atoms with Crippen LogP contribution in [0.15, 0.2) is 24.8 Å². The summed E-state index contributed by atoms with van der Waals surface area (Å²) in [4.78, 5) is 8.37. The summed E-state index contributed by atoms with van der Waals surface area (Å²) < 4.78 is 2.31. The summed E-state index contributed by atoms with van der Waals surface area (Å²) >= 11 is 0. The minimum absolute atomic E-state index is 0.669. The lowest BCUT2D eigenvalue weighted by Crippen LogP contribution is -2.03. The molecule has 3 nitrogen and oxygen atoms in total. The van der Waals surface area contributed by atoms with Gasteiger partial charge < -0.3 is 4.57 Å². The monoisotopic (exact) mass is 187 g/mol. The van der Waals surface area contributed by atoms with Gasteiger partial charge in [-0.15, -0.1) is 0 Å². The first-order valence-corrected chi connectivity index (χ1v) is 5.22. The Balaban J connectivity index is 2.11. The zero-order valence-corrected chi connectivity index (χ0v) is 8.06. The van der Waals surface area contributed by atoms with Gasteiger partial charge in [0.2, 0.25) is 0 Å². The van der Waals surface area contributed by atoms with Crippen LogP contribution in [0.5, 0.6) is 0 Å². The van der Waals surface area contributed by atoms with E-state index in [2.05, 4.69) is 26.8 Å². The number of fused-ring (bicyclic) bond motifs is 1. The molecule has 0 N–H and O–H groups in total. The van der Waals surface area contributed by atoms with Crippen LogP contribution in [0, 0.1) is 0 Å². The number of aromatic nitrogens is 3. The maximum absolute atomic E-state index is 4.34. The lowest BCUT2D eigenvalue weighted by Gasteiger charge is -2.11. The fourth-order valence-corrected chi connectivity index (χ4v) is 2.38. The Morgan fingerprint density at radius 1 is 1.29 bits per heavy atom. The molecule has 1 aliphatic rings. The minimum Gasteiger partial charge on any atom is -0.329 e. The number of rotatable bonds is 1. The van der Waals surface area contributed by atoms with Gasteiger partial charge in [0, 0.05) is 23.8 Å². The molecule has 2 aromatic rings. The average molecular weight is 187 g/mol. The van der Waals surface area contributed by atoms with Gasteiger partial charge in [-0.1, -0.05) is 12.8 Å². The van der Waals surface area contributed by atoms with Crippen molar-refractivity contribution in [1.82, 2.24) is 14.5 Å². The van der Waals surface area contributed by atoms with Crippen LogP contribution in [0.25, 0.3) is 11.0 Å². The highest BCUT2D eigenvalue weighted by molar-refractivity contribution is 5.74. The molecule has 0 aliphatic heterocycles. The van der Waals surface area contributed by atoms with E-state index in [-0.39, 0.29) is 0 Å². The fourth-order valence-electron chi connectivity index (χ4n) is 2.38. The van der Waals surface area contributed by atoms with Crippen molar-refractivity contribution in [3.05, 3.63) is 24.8 Å². The van der Waals surface area contributed by atoms with Gasteiger partial charge in [0.05, 0.1) is 0 Å². The third kappa shape index (κ3) is 1.12. The number of hydrogen-bond donors (Lipinski definition) is 0. The topological polar surface area (TPSA) is 30.7 Å². The number of hydrogen-bond acceptors (Lipinski definition) is 2. The Kier molecular flexibility index (Phi) is 1.76. The molecule has 72 valence electrons. The van der Waals surface area contributed by atoms with Crippen molar-refractivity contribution in [3.63, 3.8) is 0 Å². The van der Waals surface area contributed by atoms with Gasteiger partial charge >= 0.3 is 0 Å². The van der Waals surface area contributed by atoms with Crippen LogP contribution in [-0.2, 0) is 0 Å². The highest BCUT2D eigenvalue weighted by Gasteiger charge is 2.18. The quantitative estimate of drug-likeness (QED) is 0.686. The molecule has 3 heteroatoms. The van der Waals surface area contributed by atoms with E-state index >= 15 is 0 Å². The predicted octanol–water partition coefficient (Wildman–Crippen LogP) is 2.55. The van der Waals surface area contributed by atoms with E-state index in [9.17, 15) is 0 Å². The summed E-state index contributed by atoms with van der Waals surface area (Å²) in [5.41, 5.74) is 1.09. The second kappa shape index (κ2) is 3.08. The maximum Gasteiger partial charge on any atom is 0.143 e. The van der Waals surface area contributed by atoms with Crippen LogP contribution in [0.1, 0.15) is 31.7 Å².